The molecule has 8 heteroatoms. The Bertz CT molecular complexity index is 918. The average Bonchev–Trinajstić information content (AvgIpc) is 2.86. The third-order valence-electron chi connectivity index (χ3n) is 8.80. The Labute approximate surface area is 201 Å². The Kier molecular flexibility index (Phi) is 6.70. The first-order chi connectivity index (χ1) is 16.0. The van der Waals surface area contributed by atoms with Crippen LogP contribution in [0.1, 0.15) is 75.2 Å². The zero-order valence-corrected chi connectivity index (χ0v) is 20.4. The number of hydrogen-bond donors (Lipinski definition) is 4. The minimum atomic E-state index is -1.13. The van der Waals surface area contributed by atoms with Crippen molar-refractivity contribution < 1.29 is 29.7 Å². The number of aliphatic hydroxyl groups excluding tert-OH is 1. The maximum atomic E-state index is 12.7. The minimum Gasteiger partial charge on any atom is -0.443 e. The lowest BCUT2D eigenvalue weighted by Crippen LogP contribution is -2.59. The lowest BCUT2D eigenvalue weighted by atomic mass is 9.46. The fraction of sp³-hybridized carbons (Fsp3) is 0.692. The predicted octanol–water partition coefficient (Wildman–Crippen LogP) is 3.48. The number of fused-ring (bicyclic) bond motifs is 4. The third kappa shape index (κ3) is 4.55. The molecule has 0 heterocycles. The summed E-state index contributed by atoms with van der Waals surface area (Å²) in [7, 11) is 0. The minimum absolute atomic E-state index is 0.0257. The molecule has 0 aliphatic heterocycles. The lowest BCUT2D eigenvalue weighted by Gasteiger charge is -2.59. The maximum absolute atomic E-state index is 12.7. The van der Waals surface area contributed by atoms with Crippen LogP contribution in [-0.2, 0) is 11.3 Å². The molecule has 8 nitrogen and oxygen atoms in total. The van der Waals surface area contributed by atoms with Crippen molar-refractivity contribution in [1.29, 1.82) is 0 Å². The SMILES string of the molecule is CC1(C)C[C@H]2[C@H]1CC[C@@]1(O)C[C@]2(C)CC[C@H]1N(O)C(=O)OCc1ccc(C(=O)NCCO)cc1. The van der Waals surface area contributed by atoms with Crippen LogP contribution in [0.2, 0.25) is 0 Å². The zero-order chi connectivity index (χ0) is 24.7. The van der Waals surface area contributed by atoms with Crippen molar-refractivity contribution in [2.45, 2.75) is 77.5 Å². The summed E-state index contributed by atoms with van der Waals surface area (Å²) in [4.78, 5) is 24.6. The van der Waals surface area contributed by atoms with Crippen LogP contribution in [0.3, 0.4) is 0 Å². The highest BCUT2D eigenvalue weighted by atomic mass is 16.6. The molecule has 0 saturated heterocycles. The van der Waals surface area contributed by atoms with Gasteiger partial charge in [-0.05, 0) is 78.9 Å². The van der Waals surface area contributed by atoms with Crippen molar-refractivity contribution in [3.8, 4) is 0 Å². The molecule has 0 aromatic heterocycles. The predicted molar refractivity (Wildman–Crippen MR) is 125 cm³/mol. The molecule has 3 aliphatic carbocycles. The lowest BCUT2D eigenvalue weighted by molar-refractivity contribution is -0.198. The fourth-order valence-corrected chi connectivity index (χ4v) is 6.90. The van der Waals surface area contributed by atoms with Crippen molar-refractivity contribution in [2.75, 3.05) is 13.2 Å². The van der Waals surface area contributed by atoms with Gasteiger partial charge in [0, 0.05) is 12.1 Å². The van der Waals surface area contributed by atoms with E-state index in [1.54, 1.807) is 24.3 Å². The van der Waals surface area contributed by atoms with Gasteiger partial charge in [0.2, 0.25) is 0 Å². The third-order valence-corrected chi connectivity index (χ3v) is 8.80. The summed E-state index contributed by atoms with van der Waals surface area (Å²) >= 11 is 0. The number of nitrogens with zero attached hydrogens (tertiary/aromatic N) is 1. The van der Waals surface area contributed by atoms with Gasteiger partial charge in [-0.2, -0.15) is 5.06 Å². The molecule has 0 unspecified atom stereocenters. The van der Waals surface area contributed by atoms with Crippen LogP contribution < -0.4 is 5.32 Å². The van der Waals surface area contributed by atoms with Crippen LogP contribution in [0, 0.1) is 22.7 Å². The molecular weight excluding hydrogens is 436 g/mol. The molecule has 188 valence electrons. The summed E-state index contributed by atoms with van der Waals surface area (Å²) in [5, 5.41) is 34.4. The molecule has 3 aliphatic rings. The Morgan fingerprint density at radius 1 is 1.12 bits per heavy atom. The molecule has 0 spiro atoms. The molecule has 4 rings (SSSR count). The number of nitrogens with one attached hydrogen (secondary N) is 1. The van der Waals surface area contributed by atoms with Crippen LogP contribution in [0.4, 0.5) is 4.79 Å². The first-order valence-corrected chi connectivity index (χ1v) is 12.3. The Morgan fingerprint density at radius 2 is 1.82 bits per heavy atom. The normalized spacial score (nSPS) is 33.6. The summed E-state index contributed by atoms with van der Waals surface area (Å²) in [5.74, 6) is 0.861. The summed E-state index contributed by atoms with van der Waals surface area (Å²) in [6, 6.07) is 5.87. The highest BCUT2D eigenvalue weighted by Gasteiger charge is 2.62. The van der Waals surface area contributed by atoms with Crippen molar-refractivity contribution in [3.05, 3.63) is 35.4 Å². The van der Waals surface area contributed by atoms with Crippen LogP contribution in [-0.4, -0.2) is 57.3 Å². The molecule has 5 atom stereocenters. The summed E-state index contributed by atoms with van der Waals surface area (Å²) in [5.41, 5.74) is 0.286. The number of carbonyl (C=O) groups excluding carboxylic acids is 2. The van der Waals surface area contributed by atoms with Crippen LogP contribution in [0.25, 0.3) is 0 Å². The van der Waals surface area contributed by atoms with E-state index in [2.05, 4.69) is 26.1 Å². The van der Waals surface area contributed by atoms with E-state index in [0.29, 0.717) is 47.3 Å². The number of hydrogen-bond acceptors (Lipinski definition) is 6. The number of carbonyl (C=O) groups is 2. The smallest absolute Gasteiger partial charge is 0.434 e. The Hall–Kier alpha value is -2.16. The van der Waals surface area contributed by atoms with Gasteiger partial charge in [0.1, 0.15) is 6.61 Å². The topological polar surface area (TPSA) is 119 Å². The van der Waals surface area contributed by atoms with Crippen molar-refractivity contribution in [2.24, 2.45) is 22.7 Å². The number of benzene rings is 1. The molecular formula is C26H38N2O6. The maximum Gasteiger partial charge on any atom is 0.434 e. The van der Waals surface area contributed by atoms with Gasteiger partial charge in [-0.25, -0.2) is 4.79 Å². The Balaban J connectivity index is 1.36. The monoisotopic (exact) mass is 474 g/mol. The number of ether oxygens (including phenoxy) is 1. The molecule has 1 aromatic carbocycles. The van der Waals surface area contributed by atoms with Gasteiger partial charge >= 0.3 is 6.09 Å². The summed E-state index contributed by atoms with van der Waals surface area (Å²) < 4.78 is 5.33. The Morgan fingerprint density at radius 3 is 2.47 bits per heavy atom. The van der Waals surface area contributed by atoms with Crippen molar-refractivity contribution in [1.82, 2.24) is 10.4 Å². The van der Waals surface area contributed by atoms with Crippen molar-refractivity contribution in [3.63, 3.8) is 0 Å². The average molecular weight is 475 g/mol. The van der Waals surface area contributed by atoms with Gasteiger partial charge in [0.25, 0.3) is 5.91 Å². The fourth-order valence-electron chi connectivity index (χ4n) is 6.90. The van der Waals surface area contributed by atoms with Crippen LogP contribution in [0.15, 0.2) is 24.3 Å². The number of hydroxylamine groups is 2. The molecule has 3 saturated carbocycles. The number of rotatable bonds is 6. The summed E-state index contributed by atoms with van der Waals surface area (Å²) in [6.07, 6.45) is 3.76. The zero-order valence-electron chi connectivity index (χ0n) is 20.4. The first-order valence-electron chi connectivity index (χ1n) is 12.3. The largest absolute Gasteiger partial charge is 0.443 e. The van der Waals surface area contributed by atoms with E-state index in [1.165, 1.54) is 6.42 Å². The van der Waals surface area contributed by atoms with E-state index in [9.17, 15) is 19.9 Å². The number of aliphatic hydroxyl groups is 2. The van der Waals surface area contributed by atoms with Gasteiger partial charge in [0.15, 0.2) is 0 Å². The number of amides is 2. The van der Waals surface area contributed by atoms with E-state index in [1.807, 2.05) is 0 Å². The van der Waals surface area contributed by atoms with Gasteiger partial charge in [-0.3, -0.25) is 10.0 Å². The van der Waals surface area contributed by atoms with E-state index >= 15 is 0 Å². The van der Waals surface area contributed by atoms with Crippen LogP contribution >= 0.6 is 0 Å². The van der Waals surface area contributed by atoms with Crippen LogP contribution in [0.5, 0.6) is 0 Å². The van der Waals surface area contributed by atoms with E-state index in [0.717, 1.165) is 12.8 Å². The second-order valence-electron chi connectivity index (χ2n) is 11.5. The molecule has 0 radical (unpaired) electrons. The summed E-state index contributed by atoms with van der Waals surface area (Å²) in [6.45, 7) is 6.86. The highest BCUT2D eigenvalue weighted by molar-refractivity contribution is 5.94. The quantitative estimate of drug-likeness (QED) is 0.370. The van der Waals surface area contributed by atoms with E-state index in [4.69, 9.17) is 9.84 Å². The molecule has 4 N–H and O–H groups in total. The van der Waals surface area contributed by atoms with Crippen molar-refractivity contribution >= 4 is 12.0 Å². The molecule has 34 heavy (non-hydrogen) atoms. The molecule has 2 bridgehead atoms. The molecule has 3 fully saturated rings. The standard InChI is InChI=1S/C26H38N2O6/c1-24(2)14-20-19(24)8-11-26(32)16-25(20,3)10-9-21(26)28(33)23(31)34-15-17-4-6-18(7-5-17)22(30)27-12-13-29/h4-7,19-21,29,32-33H,8-16H2,1-3H3,(H,27,30)/t19-,20+,21-,25+,26-/m1/s1. The second-order valence-corrected chi connectivity index (χ2v) is 11.5. The van der Waals surface area contributed by atoms with E-state index in [-0.39, 0.29) is 36.5 Å². The van der Waals surface area contributed by atoms with E-state index < -0.39 is 17.7 Å². The molecule has 1 aromatic rings. The highest BCUT2D eigenvalue weighted by Crippen LogP contribution is 2.66. The molecule has 2 amide bonds. The van der Waals surface area contributed by atoms with Gasteiger partial charge in [-0.15, -0.1) is 0 Å². The van der Waals surface area contributed by atoms with Gasteiger partial charge < -0.3 is 20.3 Å². The van der Waals surface area contributed by atoms with Gasteiger partial charge in [-0.1, -0.05) is 32.9 Å². The van der Waals surface area contributed by atoms with Gasteiger partial charge in [0.05, 0.1) is 18.2 Å². The first kappa shape index (κ1) is 24.9. The second kappa shape index (κ2) is 9.13.